The number of carbonyl (C=O) groups is 1. The zero-order valence-electron chi connectivity index (χ0n) is 26.8. The highest BCUT2D eigenvalue weighted by atomic mass is 32.5. The highest BCUT2D eigenvalue weighted by Gasteiger charge is 2.49. The summed E-state index contributed by atoms with van der Waals surface area (Å²) in [6, 6.07) is 2.14. The summed E-state index contributed by atoms with van der Waals surface area (Å²) in [6.45, 7) is -4.63. The second-order valence-corrected chi connectivity index (χ2v) is 18.2. The number of alkyl halides is 1. The van der Waals surface area contributed by atoms with Gasteiger partial charge in [-0.15, -0.1) is 5.10 Å². The van der Waals surface area contributed by atoms with Crippen LogP contribution in [0.4, 0.5) is 16.2 Å². The highest BCUT2D eigenvalue weighted by molar-refractivity contribution is 8.07. The van der Waals surface area contributed by atoms with E-state index in [2.05, 4.69) is 40.9 Å². The summed E-state index contributed by atoms with van der Waals surface area (Å²) in [7, 11) is 0. The molecule has 2 saturated carbocycles. The Morgan fingerprint density at radius 1 is 1.28 bits per heavy atom. The second-order valence-electron chi connectivity index (χ2n) is 12.4. The van der Waals surface area contributed by atoms with Crippen LogP contribution in [0, 0.1) is 29.1 Å². The van der Waals surface area contributed by atoms with E-state index in [0.717, 1.165) is 0 Å². The van der Waals surface area contributed by atoms with Crippen molar-refractivity contribution in [3.63, 3.8) is 0 Å². The zero-order chi connectivity index (χ0) is 35.6. The van der Waals surface area contributed by atoms with E-state index in [1.54, 1.807) is 19.9 Å². The van der Waals surface area contributed by atoms with Gasteiger partial charge in [-0.05, 0) is 54.9 Å². The summed E-state index contributed by atoms with van der Waals surface area (Å²) in [5.74, 6) is -1.45. The van der Waals surface area contributed by atoms with E-state index in [1.165, 1.54) is 17.2 Å². The first-order valence-electron chi connectivity index (χ1n) is 15.8. The van der Waals surface area contributed by atoms with Crippen LogP contribution in [0.5, 0.6) is 0 Å². The van der Waals surface area contributed by atoms with E-state index < -0.39 is 55.4 Å². The van der Waals surface area contributed by atoms with Crippen molar-refractivity contribution in [1.29, 1.82) is 5.26 Å². The van der Waals surface area contributed by atoms with Crippen LogP contribution < -0.4 is 16.2 Å². The Hall–Kier alpha value is -2.89. The summed E-state index contributed by atoms with van der Waals surface area (Å²) in [5.41, 5.74) is -0.609. The number of anilines is 2. The Morgan fingerprint density at radius 3 is 2.84 bits per heavy atom. The Balaban J connectivity index is 1.31. The van der Waals surface area contributed by atoms with Gasteiger partial charge < -0.3 is 32.8 Å². The Morgan fingerprint density at radius 2 is 2.10 bits per heavy atom. The van der Waals surface area contributed by atoms with E-state index in [-0.39, 0.29) is 73.9 Å². The lowest BCUT2D eigenvalue weighted by Gasteiger charge is -2.30. The number of carbonyl (C=O) groups excluding carboxylic acids is 1. The fraction of sp³-hybridized carbons (Fsp3) is 0.630. The number of nitrogens with zero attached hydrogens (tertiary/aromatic N) is 7. The third kappa shape index (κ3) is 8.42. The lowest BCUT2D eigenvalue weighted by atomic mass is 10.1. The number of H-pyrrole nitrogens is 1. The zero-order valence-corrected chi connectivity index (χ0v) is 30.2. The van der Waals surface area contributed by atoms with Gasteiger partial charge in [-0.2, -0.15) is 10.2 Å². The van der Waals surface area contributed by atoms with Crippen LogP contribution in [0.3, 0.4) is 0 Å². The number of nitriles is 1. The van der Waals surface area contributed by atoms with Crippen LogP contribution in [0.15, 0.2) is 23.4 Å². The standard InChI is InChI=1S/C27H35FN10O8P2S2/c1-14(2)25(39)34-27-33-24-22(26(40)35-27)36-37-38(24)18-8-15-9-19(18)45-48(50,42-7-3-5-29)44-12-16-10-17(32-20-4-6-30-13-31-20)21(28)23(16)46-47(41,49)43-11-15/h4,6,13-19,21,23H,3,7-12H2,1-2H3,(H,41,49)(H,30,31,32)(H2,33,34,35,39,40)/t15-,16+,17+,18+,19+,21-,23+,47?,48?/m0/s1. The molecule has 50 heavy (non-hydrogen) atoms. The summed E-state index contributed by atoms with van der Waals surface area (Å²) in [4.78, 5) is 51.3. The Kier molecular flexibility index (Phi) is 11.3. The van der Waals surface area contributed by atoms with Crippen LogP contribution in [0.1, 0.15) is 45.6 Å². The number of amides is 1. The van der Waals surface area contributed by atoms with E-state index >= 15 is 4.39 Å². The molecular formula is C27H35FN10O8P2S2. The van der Waals surface area contributed by atoms with Gasteiger partial charge >= 0.3 is 13.4 Å². The number of hydrogen-bond acceptors (Lipinski definition) is 16. The van der Waals surface area contributed by atoms with Crippen molar-refractivity contribution >= 4 is 65.9 Å². The predicted octanol–water partition coefficient (Wildman–Crippen LogP) is 2.88. The van der Waals surface area contributed by atoms with Crippen LogP contribution >= 0.6 is 13.4 Å². The fourth-order valence-electron chi connectivity index (χ4n) is 6.09. The minimum atomic E-state index is -3.98. The molecule has 2 unspecified atom stereocenters. The number of rotatable bonds is 8. The molecule has 2 aliphatic carbocycles. The van der Waals surface area contributed by atoms with Gasteiger partial charge in [0, 0.05) is 18.0 Å². The molecule has 0 aromatic carbocycles. The number of nitrogens with one attached hydrogen (secondary N) is 3. The van der Waals surface area contributed by atoms with Crippen LogP contribution in [-0.2, 0) is 51.0 Å². The lowest BCUT2D eigenvalue weighted by Crippen LogP contribution is -2.34. The van der Waals surface area contributed by atoms with Gasteiger partial charge in [0.1, 0.15) is 24.4 Å². The second kappa shape index (κ2) is 15.4. The summed E-state index contributed by atoms with van der Waals surface area (Å²) in [5, 5.41) is 23.1. The van der Waals surface area contributed by atoms with Gasteiger partial charge in [0.05, 0.1) is 50.5 Å². The van der Waals surface area contributed by atoms with Crippen LogP contribution in [0.25, 0.3) is 11.2 Å². The molecule has 6 rings (SSSR count). The third-order valence-electron chi connectivity index (χ3n) is 8.52. The maximum atomic E-state index is 16.0. The number of hydrogen-bond donors (Lipinski definition) is 4. The van der Waals surface area contributed by atoms with Crippen molar-refractivity contribution in [3.8, 4) is 6.07 Å². The molecule has 3 aromatic rings. The molecule has 1 aliphatic heterocycles. The molecule has 18 nitrogen and oxygen atoms in total. The van der Waals surface area contributed by atoms with Crippen LogP contribution in [-0.4, -0.2) is 90.0 Å². The first-order valence-corrected chi connectivity index (χ1v) is 20.9. The Bertz CT molecular complexity index is 1900. The molecule has 2 bridgehead atoms. The fourth-order valence-corrected chi connectivity index (χ4v) is 9.81. The molecule has 3 aromatic heterocycles. The largest absolute Gasteiger partial charge is 0.364 e. The molecule has 4 N–H and O–H groups in total. The smallest absolute Gasteiger partial charge is 0.327 e. The molecule has 0 radical (unpaired) electrons. The van der Waals surface area contributed by atoms with Gasteiger partial charge in [0.25, 0.3) is 5.56 Å². The third-order valence-corrected chi connectivity index (χ3v) is 12.5. The van der Waals surface area contributed by atoms with Crippen molar-refractivity contribution in [2.75, 3.05) is 30.5 Å². The van der Waals surface area contributed by atoms with Crippen molar-refractivity contribution in [3.05, 3.63) is 28.9 Å². The number of aromatic nitrogens is 7. The van der Waals surface area contributed by atoms with Gasteiger partial charge in [0.2, 0.25) is 11.9 Å². The molecule has 4 heterocycles. The average Bonchev–Trinajstić information content (AvgIpc) is 3.75. The van der Waals surface area contributed by atoms with Crippen molar-refractivity contribution in [2.24, 2.45) is 17.8 Å². The number of fused-ring (bicyclic) bond motifs is 4. The molecule has 3 fully saturated rings. The minimum Gasteiger partial charge on any atom is -0.364 e. The maximum absolute atomic E-state index is 16.0. The SMILES string of the molecule is CC(C)C(=O)Nc1nc2c(nnn2[C@@H]2C[C@@H]3COP(O)(=S)O[C@@H]4[C@@H](COP(=S)(OCCC#N)O[C@@H]2C3)C[C@@H](Nc2ccncn2)[C@@H]4F)c(=O)[nH]1. The lowest BCUT2D eigenvalue weighted by molar-refractivity contribution is -0.118. The van der Waals surface area contributed by atoms with Gasteiger partial charge in [-0.25, -0.2) is 19.0 Å². The van der Waals surface area contributed by atoms with Crippen molar-refractivity contribution in [1.82, 2.24) is 34.9 Å². The number of halogens is 1. The van der Waals surface area contributed by atoms with Gasteiger partial charge in [-0.1, -0.05) is 19.1 Å². The molecule has 1 amide bonds. The first-order chi connectivity index (χ1) is 23.8. The quantitative estimate of drug-likeness (QED) is 0.190. The minimum absolute atomic E-state index is 0.00105. The summed E-state index contributed by atoms with van der Waals surface area (Å²) < 4.78 is 47.6. The van der Waals surface area contributed by atoms with E-state index in [0.29, 0.717) is 12.2 Å². The van der Waals surface area contributed by atoms with E-state index in [9.17, 15) is 19.7 Å². The summed E-state index contributed by atoms with van der Waals surface area (Å²) >= 11 is 11.2. The molecule has 3 aliphatic rings. The molecule has 270 valence electrons. The molecule has 0 spiro atoms. The number of aromatic amines is 1. The summed E-state index contributed by atoms with van der Waals surface area (Å²) in [6.07, 6.45) is -0.0386. The predicted molar refractivity (Wildman–Crippen MR) is 182 cm³/mol. The Labute approximate surface area is 295 Å². The van der Waals surface area contributed by atoms with Crippen LogP contribution in [0.2, 0.25) is 0 Å². The molecule has 1 saturated heterocycles. The van der Waals surface area contributed by atoms with E-state index in [1.807, 2.05) is 6.07 Å². The molecular weight excluding hydrogens is 737 g/mol. The maximum Gasteiger partial charge on any atom is 0.327 e. The van der Waals surface area contributed by atoms with Crippen molar-refractivity contribution in [2.45, 2.75) is 70.0 Å². The molecule has 23 heteroatoms. The first kappa shape index (κ1) is 36.9. The normalized spacial score (nSPS) is 33.2. The average molecular weight is 773 g/mol. The monoisotopic (exact) mass is 772 g/mol. The van der Waals surface area contributed by atoms with Gasteiger partial charge in [0.15, 0.2) is 11.2 Å². The van der Waals surface area contributed by atoms with Gasteiger partial charge in [-0.3, -0.25) is 19.9 Å². The topological polar surface area (TPSA) is 234 Å². The highest BCUT2D eigenvalue weighted by Crippen LogP contribution is 2.58. The molecule has 9 atom stereocenters. The van der Waals surface area contributed by atoms with E-state index in [4.69, 9.17) is 46.2 Å². The van der Waals surface area contributed by atoms with Crippen molar-refractivity contribution < 1.29 is 36.7 Å².